The van der Waals surface area contributed by atoms with Gasteiger partial charge < -0.3 is 25.4 Å². The molecule has 0 heterocycles. The zero-order chi connectivity index (χ0) is 29.6. The number of benzene rings is 1. The van der Waals surface area contributed by atoms with Gasteiger partial charge in [-0.3, -0.25) is 9.59 Å². The number of carbonyl (C=O) groups excluding carboxylic acids is 3. The molecule has 0 saturated carbocycles. The van der Waals surface area contributed by atoms with E-state index in [-0.39, 0.29) is 23.6 Å². The fourth-order valence-electron chi connectivity index (χ4n) is 4.25. The highest BCUT2D eigenvalue weighted by molar-refractivity contribution is 7.98. The van der Waals surface area contributed by atoms with Crippen LogP contribution in [0.2, 0.25) is 0 Å². The molecule has 3 amide bonds. The van der Waals surface area contributed by atoms with Crippen molar-refractivity contribution in [2.45, 2.75) is 111 Å². The van der Waals surface area contributed by atoms with Crippen LogP contribution in [0.3, 0.4) is 0 Å². The lowest BCUT2D eigenvalue weighted by Gasteiger charge is -2.39. The average molecular weight is 566 g/mol. The summed E-state index contributed by atoms with van der Waals surface area (Å²) in [5.41, 5.74) is -0.196. The van der Waals surface area contributed by atoms with Gasteiger partial charge in [0.15, 0.2) is 0 Å². The first-order valence-corrected chi connectivity index (χ1v) is 15.6. The van der Waals surface area contributed by atoms with Crippen molar-refractivity contribution in [2.24, 2.45) is 5.92 Å². The van der Waals surface area contributed by atoms with Gasteiger partial charge in [-0.25, -0.2) is 4.79 Å². The molecule has 8 nitrogen and oxygen atoms in total. The Labute approximate surface area is 240 Å². The molecule has 3 unspecified atom stereocenters. The number of hydrogen-bond acceptors (Lipinski definition) is 6. The summed E-state index contributed by atoms with van der Waals surface area (Å²) in [6, 6.07) is 4.36. The van der Waals surface area contributed by atoms with E-state index < -0.39 is 23.8 Å². The summed E-state index contributed by atoms with van der Waals surface area (Å²) < 4.78 is 5.46. The van der Waals surface area contributed by atoms with E-state index in [0.29, 0.717) is 36.6 Å². The first-order valence-electron chi connectivity index (χ1n) is 14.2. The van der Waals surface area contributed by atoms with Crippen molar-refractivity contribution in [3.63, 3.8) is 0 Å². The maximum Gasteiger partial charge on any atom is 0.408 e. The number of unbranched alkanes of at least 4 members (excludes halogenated alkanes) is 2. The standard InChI is InChI=1S/C30H51N3O5S/c1-9-10-11-18-31-27(35)26(23-13-12-14-24(34)20-23)33(22(4)16-15-21(2)3)28(36)25(17-19-39-8)32-29(37)38-30(5,6)7/h12-14,20-22,25-26,34H,9-11,15-19H2,1-8H3,(H,31,35)(H,32,37). The minimum atomic E-state index is -0.967. The maximum absolute atomic E-state index is 14.3. The van der Waals surface area contributed by atoms with Gasteiger partial charge >= 0.3 is 6.09 Å². The largest absolute Gasteiger partial charge is 0.508 e. The molecular formula is C30H51N3O5S. The van der Waals surface area contributed by atoms with E-state index >= 15 is 0 Å². The second-order valence-electron chi connectivity index (χ2n) is 11.5. The Balaban J connectivity index is 3.53. The number of nitrogens with zero attached hydrogens (tertiary/aromatic N) is 1. The lowest BCUT2D eigenvalue weighted by atomic mass is 9.96. The summed E-state index contributed by atoms with van der Waals surface area (Å²) in [6.45, 7) is 14.1. The highest BCUT2D eigenvalue weighted by Crippen LogP contribution is 2.30. The number of alkyl carbamates (subject to hydrolysis) is 1. The number of ether oxygens (including phenoxy) is 1. The van der Waals surface area contributed by atoms with E-state index in [1.54, 1.807) is 55.6 Å². The Morgan fingerprint density at radius 3 is 2.33 bits per heavy atom. The SMILES string of the molecule is CCCCCNC(=O)C(c1cccc(O)c1)N(C(=O)C(CCSC)NC(=O)OC(C)(C)C)C(C)CCC(C)C. The van der Waals surface area contributed by atoms with E-state index in [4.69, 9.17) is 4.74 Å². The van der Waals surface area contributed by atoms with Gasteiger partial charge in [-0.15, -0.1) is 0 Å². The number of phenolic OH excluding ortho intramolecular Hbond substituents is 1. The van der Waals surface area contributed by atoms with Gasteiger partial charge in [0, 0.05) is 12.6 Å². The van der Waals surface area contributed by atoms with Crippen LogP contribution in [0.1, 0.15) is 98.6 Å². The fraction of sp³-hybridized carbons (Fsp3) is 0.700. The van der Waals surface area contributed by atoms with Crippen LogP contribution in [0.4, 0.5) is 4.79 Å². The molecule has 0 aliphatic rings. The predicted octanol–water partition coefficient (Wildman–Crippen LogP) is 6.04. The molecule has 1 rings (SSSR count). The molecule has 222 valence electrons. The molecule has 0 spiro atoms. The number of nitrogens with one attached hydrogen (secondary N) is 2. The topological polar surface area (TPSA) is 108 Å². The minimum Gasteiger partial charge on any atom is -0.508 e. The van der Waals surface area contributed by atoms with Gasteiger partial charge in [0.2, 0.25) is 11.8 Å². The van der Waals surface area contributed by atoms with E-state index in [0.717, 1.165) is 25.7 Å². The van der Waals surface area contributed by atoms with E-state index in [1.807, 2.05) is 13.2 Å². The molecule has 0 aromatic heterocycles. The van der Waals surface area contributed by atoms with E-state index in [1.165, 1.54) is 6.07 Å². The number of phenols is 1. The minimum absolute atomic E-state index is 0.0179. The van der Waals surface area contributed by atoms with E-state index in [2.05, 4.69) is 31.4 Å². The molecule has 9 heteroatoms. The first kappa shape index (κ1) is 34.6. The molecule has 1 aromatic carbocycles. The summed E-state index contributed by atoms with van der Waals surface area (Å²) >= 11 is 1.58. The summed E-state index contributed by atoms with van der Waals surface area (Å²) in [5.74, 6) is 0.425. The van der Waals surface area contributed by atoms with Crippen molar-refractivity contribution in [1.29, 1.82) is 0 Å². The zero-order valence-corrected chi connectivity index (χ0v) is 26.0. The summed E-state index contributed by atoms with van der Waals surface area (Å²) in [4.78, 5) is 42.4. The van der Waals surface area contributed by atoms with Gasteiger partial charge in [0.1, 0.15) is 23.4 Å². The molecule has 0 saturated heterocycles. The summed E-state index contributed by atoms with van der Waals surface area (Å²) in [5, 5.41) is 16.1. The lowest BCUT2D eigenvalue weighted by molar-refractivity contribution is -0.145. The second kappa shape index (κ2) is 17.3. The van der Waals surface area contributed by atoms with Crippen LogP contribution in [0.25, 0.3) is 0 Å². The Hall–Kier alpha value is -2.42. The quantitative estimate of drug-likeness (QED) is 0.211. The molecule has 1 aromatic rings. The maximum atomic E-state index is 14.3. The van der Waals surface area contributed by atoms with Crippen LogP contribution in [-0.2, 0) is 14.3 Å². The number of thioether (sulfide) groups is 1. The van der Waals surface area contributed by atoms with Crippen LogP contribution >= 0.6 is 11.8 Å². The molecule has 0 radical (unpaired) electrons. The van der Waals surface area contributed by atoms with E-state index in [9.17, 15) is 19.5 Å². The smallest absolute Gasteiger partial charge is 0.408 e. The monoisotopic (exact) mass is 565 g/mol. The summed E-state index contributed by atoms with van der Waals surface area (Å²) in [6.07, 6.45) is 6.05. The highest BCUT2D eigenvalue weighted by atomic mass is 32.2. The number of amides is 3. The molecule has 3 atom stereocenters. The fourth-order valence-corrected chi connectivity index (χ4v) is 4.72. The number of rotatable bonds is 16. The highest BCUT2D eigenvalue weighted by Gasteiger charge is 2.38. The number of aromatic hydroxyl groups is 1. The van der Waals surface area contributed by atoms with Crippen LogP contribution in [0, 0.1) is 5.92 Å². The zero-order valence-electron chi connectivity index (χ0n) is 25.2. The van der Waals surface area contributed by atoms with Crippen molar-refractivity contribution in [3.8, 4) is 5.75 Å². The number of hydrogen-bond donors (Lipinski definition) is 3. The van der Waals surface area contributed by atoms with Gasteiger partial charge in [-0.1, -0.05) is 45.7 Å². The van der Waals surface area contributed by atoms with Crippen molar-refractivity contribution in [1.82, 2.24) is 15.5 Å². The van der Waals surface area contributed by atoms with Gasteiger partial charge in [-0.05, 0) is 89.0 Å². The van der Waals surface area contributed by atoms with Gasteiger partial charge in [0.05, 0.1) is 0 Å². The number of carbonyl (C=O) groups is 3. The second-order valence-corrected chi connectivity index (χ2v) is 12.5. The third-order valence-electron chi connectivity index (χ3n) is 6.28. The van der Waals surface area contributed by atoms with Crippen molar-refractivity contribution in [3.05, 3.63) is 29.8 Å². The lowest BCUT2D eigenvalue weighted by Crippen LogP contribution is -2.55. The molecule has 39 heavy (non-hydrogen) atoms. The van der Waals surface area contributed by atoms with Crippen molar-refractivity contribution in [2.75, 3.05) is 18.6 Å². The van der Waals surface area contributed by atoms with Crippen LogP contribution in [0.15, 0.2) is 24.3 Å². The Morgan fingerprint density at radius 2 is 1.77 bits per heavy atom. The first-order chi connectivity index (χ1) is 18.3. The van der Waals surface area contributed by atoms with Crippen LogP contribution in [0.5, 0.6) is 5.75 Å². The molecular weight excluding hydrogens is 514 g/mol. The van der Waals surface area contributed by atoms with Crippen molar-refractivity contribution < 1.29 is 24.2 Å². The average Bonchev–Trinajstić information content (AvgIpc) is 2.84. The Bertz CT molecular complexity index is 903. The molecule has 0 bridgehead atoms. The third kappa shape index (κ3) is 13.0. The molecule has 3 N–H and O–H groups in total. The van der Waals surface area contributed by atoms with Gasteiger partial charge in [0.25, 0.3) is 0 Å². The normalized spacial score (nSPS) is 13.9. The molecule has 0 aliphatic carbocycles. The van der Waals surface area contributed by atoms with Crippen LogP contribution in [-0.4, -0.2) is 64.2 Å². The van der Waals surface area contributed by atoms with Crippen molar-refractivity contribution >= 4 is 29.7 Å². The Morgan fingerprint density at radius 1 is 1.08 bits per heavy atom. The Kier molecular flexibility index (Phi) is 15.4. The predicted molar refractivity (Wildman–Crippen MR) is 160 cm³/mol. The molecule has 0 aliphatic heterocycles. The third-order valence-corrected chi connectivity index (χ3v) is 6.93. The van der Waals surface area contributed by atoms with Gasteiger partial charge in [-0.2, -0.15) is 11.8 Å². The summed E-state index contributed by atoms with van der Waals surface area (Å²) in [7, 11) is 0. The molecule has 0 fully saturated rings. The van der Waals surface area contributed by atoms with Crippen LogP contribution < -0.4 is 10.6 Å².